The van der Waals surface area contributed by atoms with Gasteiger partial charge in [-0.15, -0.1) is 6.58 Å². The van der Waals surface area contributed by atoms with E-state index in [1.165, 1.54) is 12.3 Å². The Balaban J connectivity index is 2.62. The number of benzene rings is 1. The van der Waals surface area contributed by atoms with Gasteiger partial charge in [-0.1, -0.05) is 6.08 Å². The molecule has 0 N–H and O–H groups in total. The van der Waals surface area contributed by atoms with Crippen LogP contribution in [0.2, 0.25) is 0 Å². The van der Waals surface area contributed by atoms with E-state index in [0.717, 1.165) is 10.9 Å². The number of rotatable bonds is 2. The summed E-state index contributed by atoms with van der Waals surface area (Å²) in [5, 5.41) is 1.34. The predicted molar refractivity (Wildman–Crippen MR) is 50.1 cm³/mol. The highest BCUT2D eigenvalue weighted by Crippen LogP contribution is 2.21. The van der Waals surface area contributed by atoms with Crippen LogP contribution >= 0.6 is 0 Å². The molecular weight excluding hydrogens is 167 g/mol. The van der Waals surface area contributed by atoms with E-state index >= 15 is 0 Å². The predicted octanol–water partition coefficient (Wildman–Crippen LogP) is 3.30. The summed E-state index contributed by atoms with van der Waals surface area (Å²) >= 11 is 0. The standard InChI is InChI=1S/C11H9FO/c1-2-3-8-4-9-6-13-7-10(9)11(12)5-8/h2,4-7H,1,3H2. The van der Waals surface area contributed by atoms with Crippen molar-refractivity contribution in [3.05, 3.63) is 48.7 Å². The van der Waals surface area contributed by atoms with Crippen LogP contribution in [0.3, 0.4) is 0 Å². The van der Waals surface area contributed by atoms with E-state index in [1.54, 1.807) is 12.3 Å². The lowest BCUT2D eigenvalue weighted by Gasteiger charge is -1.97. The van der Waals surface area contributed by atoms with Gasteiger partial charge in [-0.05, 0) is 24.1 Å². The SMILES string of the molecule is C=CCc1cc(F)c2cocc2c1. The number of hydrogen-bond donors (Lipinski definition) is 0. The first-order valence-electron chi connectivity index (χ1n) is 4.06. The highest BCUT2D eigenvalue weighted by Gasteiger charge is 2.04. The first-order valence-corrected chi connectivity index (χ1v) is 4.06. The van der Waals surface area contributed by atoms with Gasteiger partial charge >= 0.3 is 0 Å². The molecule has 13 heavy (non-hydrogen) atoms. The van der Waals surface area contributed by atoms with Crippen LogP contribution in [0.1, 0.15) is 5.56 Å². The minimum absolute atomic E-state index is 0.233. The molecule has 66 valence electrons. The van der Waals surface area contributed by atoms with Gasteiger partial charge in [-0.2, -0.15) is 0 Å². The van der Waals surface area contributed by atoms with E-state index in [4.69, 9.17) is 4.42 Å². The third-order valence-corrected chi connectivity index (χ3v) is 1.98. The fraction of sp³-hybridized carbons (Fsp3) is 0.0909. The van der Waals surface area contributed by atoms with Crippen molar-refractivity contribution in [1.29, 1.82) is 0 Å². The average molecular weight is 176 g/mol. The number of allylic oxidation sites excluding steroid dienone is 1. The first-order chi connectivity index (χ1) is 6.31. The molecule has 0 atom stereocenters. The van der Waals surface area contributed by atoms with Gasteiger partial charge in [0.15, 0.2) is 0 Å². The molecular formula is C11H9FO. The van der Waals surface area contributed by atoms with Crippen molar-refractivity contribution in [3.63, 3.8) is 0 Å². The summed E-state index contributed by atoms with van der Waals surface area (Å²) in [7, 11) is 0. The van der Waals surface area contributed by atoms with Gasteiger partial charge < -0.3 is 4.42 Å². The minimum atomic E-state index is -0.233. The van der Waals surface area contributed by atoms with E-state index < -0.39 is 0 Å². The Labute approximate surface area is 75.5 Å². The molecule has 0 aliphatic carbocycles. The third kappa shape index (κ3) is 1.35. The van der Waals surface area contributed by atoms with Crippen molar-refractivity contribution in [1.82, 2.24) is 0 Å². The van der Waals surface area contributed by atoms with Crippen LogP contribution in [0, 0.1) is 5.82 Å². The zero-order chi connectivity index (χ0) is 9.26. The Hall–Kier alpha value is -1.57. The largest absolute Gasteiger partial charge is 0.471 e. The molecule has 0 fully saturated rings. The molecule has 2 aromatic rings. The van der Waals surface area contributed by atoms with Crippen molar-refractivity contribution in [2.45, 2.75) is 6.42 Å². The Morgan fingerprint density at radius 3 is 3.00 bits per heavy atom. The lowest BCUT2D eigenvalue weighted by atomic mass is 10.1. The maximum atomic E-state index is 13.3. The second-order valence-electron chi connectivity index (χ2n) is 2.95. The fourth-order valence-corrected chi connectivity index (χ4v) is 1.38. The first kappa shape index (κ1) is 8.05. The van der Waals surface area contributed by atoms with E-state index in [-0.39, 0.29) is 5.82 Å². The number of halogens is 1. The lowest BCUT2D eigenvalue weighted by molar-refractivity contribution is 0.569. The summed E-state index contributed by atoms with van der Waals surface area (Å²) in [6.45, 7) is 3.61. The summed E-state index contributed by atoms with van der Waals surface area (Å²) in [4.78, 5) is 0. The zero-order valence-electron chi connectivity index (χ0n) is 7.09. The quantitative estimate of drug-likeness (QED) is 0.640. The van der Waals surface area contributed by atoms with Crippen LogP contribution in [-0.4, -0.2) is 0 Å². The maximum Gasteiger partial charge on any atom is 0.134 e. The van der Waals surface area contributed by atoms with Crippen LogP contribution in [-0.2, 0) is 6.42 Å². The average Bonchev–Trinajstić information content (AvgIpc) is 2.53. The number of fused-ring (bicyclic) bond motifs is 1. The van der Waals surface area contributed by atoms with Gasteiger partial charge in [0.05, 0.1) is 11.6 Å². The molecule has 1 aromatic carbocycles. The van der Waals surface area contributed by atoms with E-state index in [9.17, 15) is 4.39 Å². The monoisotopic (exact) mass is 176 g/mol. The third-order valence-electron chi connectivity index (χ3n) is 1.98. The maximum absolute atomic E-state index is 13.3. The van der Waals surface area contributed by atoms with Gasteiger partial charge in [-0.3, -0.25) is 0 Å². The molecule has 0 bridgehead atoms. The van der Waals surface area contributed by atoms with Gasteiger partial charge in [-0.25, -0.2) is 4.39 Å². The Morgan fingerprint density at radius 1 is 1.38 bits per heavy atom. The Kier molecular flexibility index (Phi) is 1.89. The van der Waals surface area contributed by atoms with E-state index in [0.29, 0.717) is 11.8 Å². The number of furan rings is 1. The molecule has 0 saturated carbocycles. The van der Waals surface area contributed by atoms with Crippen molar-refractivity contribution in [3.8, 4) is 0 Å². The Morgan fingerprint density at radius 2 is 2.23 bits per heavy atom. The summed E-state index contributed by atoms with van der Waals surface area (Å²) in [5.74, 6) is -0.233. The molecule has 1 nitrogen and oxygen atoms in total. The fourth-order valence-electron chi connectivity index (χ4n) is 1.38. The molecule has 2 heteroatoms. The second kappa shape index (κ2) is 3.05. The van der Waals surface area contributed by atoms with Crippen LogP contribution in [0.25, 0.3) is 10.8 Å². The molecule has 0 aliphatic rings. The van der Waals surface area contributed by atoms with Crippen LogP contribution < -0.4 is 0 Å². The van der Waals surface area contributed by atoms with Gasteiger partial charge in [0.25, 0.3) is 0 Å². The molecule has 0 aliphatic heterocycles. The van der Waals surface area contributed by atoms with Gasteiger partial charge in [0.1, 0.15) is 12.1 Å². The molecule has 0 saturated heterocycles. The molecule has 0 radical (unpaired) electrons. The Bertz CT molecular complexity index is 442. The zero-order valence-corrected chi connectivity index (χ0v) is 7.09. The summed E-state index contributed by atoms with van der Waals surface area (Å²) in [5.41, 5.74) is 0.918. The smallest absolute Gasteiger partial charge is 0.134 e. The molecule has 0 spiro atoms. The van der Waals surface area contributed by atoms with Crippen molar-refractivity contribution in [2.75, 3.05) is 0 Å². The van der Waals surface area contributed by atoms with Crippen molar-refractivity contribution < 1.29 is 8.81 Å². The van der Waals surface area contributed by atoms with Crippen molar-refractivity contribution in [2.24, 2.45) is 0 Å². The molecule has 0 unspecified atom stereocenters. The van der Waals surface area contributed by atoms with Crippen molar-refractivity contribution >= 4 is 10.8 Å². The minimum Gasteiger partial charge on any atom is -0.471 e. The van der Waals surface area contributed by atoms with Crippen LogP contribution in [0.15, 0.2) is 41.7 Å². The molecule has 1 aromatic heterocycles. The van der Waals surface area contributed by atoms with Gasteiger partial charge in [0.2, 0.25) is 0 Å². The second-order valence-corrected chi connectivity index (χ2v) is 2.95. The van der Waals surface area contributed by atoms with Crippen LogP contribution in [0.4, 0.5) is 4.39 Å². The molecule has 1 heterocycles. The molecule has 0 amide bonds. The normalized spacial score (nSPS) is 10.5. The summed E-state index contributed by atoms with van der Waals surface area (Å²) in [6.07, 6.45) is 5.39. The highest BCUT2D eigenvalue weighted by molar-refractivity contribution is 5.82. The van der Waals surface area contributed by atoms with Gasteiger partial charge in [0, 0.05) is 5.39 Å². The summed E-state index contributed by atoms with van der Waals surface area (Å²) < 4.78 is 18.2. The lowest BCUT2D eigenvalue weighted by Crippen LogP contribution is -1.83. The van der Waals surface area contributed by atoms with E-state index in [2.05, 4.69) is 6.58 Å². The van der Waals surface area contributed by atoms with Crippen LogP contribution in [0.5, 0.6) is 0 Å². The topological polar surface area (TPSA) is 13.1 Å². The summed E-state index contributed by atoms with van der Waals surface area (Å²) in [6, 6.07) is 3.42. The molecule has 2 rings (SSSR count). The number of hydrogen-bond acceptors (Lipinski definition) is 1. The van der Waals surface area contributed by atoms with E-state index in [1.807, 2.05) is 6.07 Å². The highest BCUT2D eigenvalue weighted by atomic mass is 19.1.